The van der Waals surface area contributed by atoms with Gasteiger partial charge in [-0.25, -0.2) is 8.78 Å². The van der Waals surface area contributed by atoms with Gasteiger partial charge in [-0.2, -0.15) is 0 Å². The molecular weight excluding hydrogens is 254 g/mol. The third kappa shape index (κ3) is 3.00. The Morgan fingerprint density at radius 2 is 2.00 bits per heavy atom. The van der Waals surface area contributed by atoms with Crippen molar-refractivity contribution < 1.29 is 23.8 Å². The summed E-state index contributed by atoms with van der Waals surface area (Å²) in [5.41, 5.74) is -1.09. The van der Waals surface area contributed by atoms with Crippen LogP contribution in [0.2, 0.25) is 0 Å². The second-order valence-corrected chi connectivity index (χ2v) is 3.85. The molecule has 0 saturated heterocycles. The molecule has 1 aromatic carbocycles. The Labute approximate surface area is 102 Å². The third-order valence-corrected chi connectivity index (χ3v) is 2.58. The topological polar surface area (TPSA) is 57.5 Å². The van der Waals surface area contributed by atoms with Gasteiger partial charge < -0.3 is 10.2 Å². The highest BCUT2D eigenvalue weighted by atomic mass is 35.5. The molecule has 1 aromatic rings. The molecule has 17 heavy (non-hydrogen) atoms. The van der Waals surface area contributed by atoms with Crippen molar-refractivity contribution in [3.05, 3.63) is 34.9 Å². The SMILES string of the molecule is O=Cc1c(F)ccc(C(O)C(O)CCCl)c1F. The minimum atomic E-state index is -1.55. The zero-order valence-electron chi connectivity index (χ0n) is 8.74. The minimum Gasteiger partial charge on any atom is -0.390 e. The van der Waals surface area contributed by atoms with Crippen molar-refractivity contribution in [2.45, 2.75) is 18.6 Å². The lowest BCUT2D eigenvalue weighted by molar-refractivity contribution is 0.0148. The predicted molar refractivity (Wildman–Crippen MR) is 58.0 cm³/mol. The largest absolute Gasteiger partial charge is 0.390 e. The third-order valence-electron chi connectivity index (χ3n) is 2.36. The molecule has 0 amide bonds. The van der Waals surface area contributed by atoms with Gasteiger partial charge in [0.25, 0.3) is 0 Å². The molecule has 0 fully saturated rings. The summed E-state index contributed by atoms with van der Waals surface area (Å²) < 4.78 is 26.6. The Bertz CT molecular complexity index is 412. The number of benzene rings is 1. The molecule has 0 saturated carbocycles. The fourth-order valence-corrected chi connectivity index (χ4v) is 1.62. The molecule has 94 valence electrons. The maximum atomic E-state index is 13.6. The van der Waals surface area contributed by atoms with Gasteiger partial charge in [-0.1, -0.05) is 6.07 Å². The molecule has 0 radical (unpaired) electrons. The summed E-state index contributed by atoms with van der Waals surface area (Å²) in [4.78, 5) is 10.5. The van der Waals surface area contributed by atoms with Crippen molar-refractivity contribution in [2.75, 3.05) is 5.88 Å². The van der Waals surface area contributed by atoms with Gasteiger partial charge in [0.15, 0.2) is 6.29 Å². The maximum Gasteiger partial charge on any atom is 0.155 e. The van der Waals surface area contributed by atoms with Crippen LogP contribution in [0.4, 0.5) is 8.78 Å². The molecule has 0 bridgehead atoms. The number of carbonyl (C=O) groups is 1. The Hall–Kier alpha value is -1.04. The van der Waals surface area contributed by atoms with E-state index in [4.69, 9.17) is 11.6 Å². The smallest absolute Gasteiger partial charge is 0.155 e. The molecule has 6 heteroatoms. The van der Waals surface area contributed by atoms with Gasteiger partial charge in [0, 0.05) is 11.4 Å². The highest BCUT2D eigenvalue weighted by Gasteiger charge is 2.24. The molecule has 2 atom stereocenters. The predicted octanol–water partition coefficient (Wildman–Crippen LogP) is 1.80. The first-order valence-electron chi connectivity index (χ1n) is 4.88. The van der Waals surface area contributed by atoms with E-state index >= 15 is 0 Å². The molecule has 0 aliphatic heterocycles. The van der Waals surface area contributed by atoms with E-state index in [2.05, 4.69) is 0 Å². The van der Waals surface area contributed by atoms with E-state index in [1.54, 1.807) is 0 Å². The van der Waals surface area contributed by atoms with E-state index in [0.29, 0.717) is 0 Å². The molecule has 0 spiro atoms. The number of aldehydes is 1. The lowest BCUT2D eigenvalue weighted by atomic mass is 9.99. The number of alkyl halides is 1. The molecule has 0 aliphatic carbocycles. The quantitative estimate of drug-likeness (QED) is 0.630. The van der Waals surface area contributed by atoms with E-state index in [-0.39, 0.29) is 24.2 Å². The highest BCUT2D eigenvalue weighted by Crippen LogP contribution is 2.25. The van der Waals surface area contributed by atoms with E-state index in [9.17, 15) is 23.8 Å². The second kappa shape index (κ2) is 6.05. The van der Waals surface area contributed by atoms with Gasteiger partial charge >= 0.3 is 0 Å². The lowest BCUT2D eigenvalue weighted by Gasteiger charge is -2.18. The Morgan fingerprint density at radius 1 is 1.35 bits per heavy atom. The molecule has 0 heterocycles. The van der Waals surface area contributed by atoms with Crippen molar-refractivity contribution >= 4 is 17.9 Å². The first-order valence-corrected chi connectivity index (χ1v) is 5.41. The van der Waals surface area contributed by atoms with E-state index < -0.39 is 29.4 Å². The van der Waals surface area contributed by atoms with Crippen molar-refractivity contribution in [2.24, 2.45) is 0 Å². The summed E-state index contributed by atoms with van der Waals surface area (Å²) in [7, 11) is 0. The van der Waals surface area contributed by atoms with Crippen molar-refractivity contribution in [3.63, 3.8) is 0 Å². The van der Waals surface area contributed by atoms with Crippen LogP contribution in [0.1, 0.15) is 28.4 Å². The molecule has 0 aromatic heterocycles. The molecule has 2 N–H and O–H groups in total. The van der Waals surface area contributed by atoms with Crippen LogP contribution < -0.4 is 0 Å². The molecule has 1 rings (SSSR count). The summed E-state index contributed by atoms with van der Waals surface area (Å²) in [5.74, 6) is -2.09. The van der Waals surface area contributed by atoms with E-state index in [1.807, 2.05) is 0 Å². The Morgan fingerprint density at radius 3 is 2.53 bits per heavy atom. The van der Waals surface area contributed by atoms with Crippen LogP contribution in [0.15, 0.2) is 12.1 Å². The van der Waals surface area contributed by atoms with Gasteiger partial charge in [0.05, 0.1) is 11.7 Å². The maximum absolute atomic E-state index is 13.6. The minimum absolute atomic E-state index is 0.0226. The van der Waals surface area contributed by atoms with Gasteiger partial charge in [0.2, 0.25) is 0 Å². The lowest BCUT2D eigenvalue weighted by Crippen LogP contribution is -2.20. The van der Waals surface area contributed by atoms with Crippen LogP contribution >= 0.6 is 11.6 Å². The number of halogens is 3. The van der Waals surface area contributed by atoms with Gasteiger partial charge in [0.1, 0.15) is 17.7 Å². The summed E-state index contributed by atoms with van der Waals surface area (Å²) in [5, 5.41) is 19.1. The zero-order valence-corrected chi connectivity index (χ0v) is 9.49. The molecule has 3 nitrogen and oxygen atoms in total. The number of carbonyl (C=O) groups excluding carboxylic acids is 1. The van der Waals surface area contributed by atoms with Crippen LogP contribution in [-0.2, 0) is 0 Å². The van der Waals surface area contributed by atoms with Gasteiger partial charge in [-0.3, -0.25) is 4.79 Å². The monoisotopic (exact) mass is 264 g/mol. The van der Waals surface area contributed by atoms with E-state index in [0.717, 1.165) is 12.1 Å². The normalized spacial score (nSPS) is 14.4. The highest BCUT2D eigenvalue weighted by molar-refractivity contribution is 6.17. The fourth-order valence-electron chi connectivity index (χ4n) is 1.40. The summed E-state index contributed by atoms with van der Waals surface area (Å²) in [6, 6.07) is 1.85. The average molecular weight is 265 g/mol. The second-order valence-electron chi connectivity index (χ2n) is 3.47. The van der Waals surface area contributed by atoms with Crippen LogP contribution in [-0.4, -0.2) is 28.5 Å². The van der Waals surface area contributed by atoms with E-state index in [1.165, 1.54) is 0 Å². The van der Waals surface area contributed by atoms with Crippen molar-refractivity contribution in [1.82, 2.24) is 0 Å². The first-order chi connectivity index (χ1) is 8.02. The number of aliphatic hydroxyl groups is 2. The van der Waals surface area contributed by atoms with Crippen molar-refractivity contribution in [1.29, 1.82) is 0 Å². The van der Waals surface area contributed by atoms with Crippen LogP contribution in [0, 0.1) is 11.6 Å². The fraction of sp³-hybridized carbons (Fsp3) is 0.364. The van der Waals surface area contributed by atoms with Gasteiger partial charge in [-0.15, -0.1) is 11.6 Å². The number of aliphatic hydroxyl groups excluding tert-OH is 2. The Kier molecular flexibility index (Phi) is 4.99. The zero-order chi connectivity index (χ0) is 13.0. The summed E-state index contributed by atoms with van der Waals surface area (Å²) in [6.45, 7) is 0. The summed E-state index contributed by atoms with van der Waals surface area (Å²) >= 11 is 5.37. The number of hydrogen-bond acceptors (Lipinski definition) is 3. The first kappa shape index (κ1) is 14.0. The molecule has 0 aliphatic rings. The van der Waals surface area contributed by atoms with Crippen molar-refractivity contribution in [3.8, 4) is 0 Å². The summed E-state index contributed by atoms with van der Waals surface area (Å²) in [6.07, 6.45) is -2.75. The number of hydrogen-bond donors (Lipinski definition) is 2. The molecule has 2 unspecified atom stereocenters. The van der Waals surface area contributed by atoms with Crippen LogP contribution in [0.5, 0.6) is 0 Å². The average Bonchev–Trinajstić information content (AvgIpc) is 2.29. The Balaban J connectivity index is 3.10. The van der Waals surface area contributed by atoms with Gasteiger partial charge in [-0.05, 0) is 12.5 Å². The van der Waals surface area contributed by atoms with Crippen LogP contribution in [0.25, 0.3) is 0 Å². The molecular formula is C11H11ClF2O3. The standard InChI is InChI=1S/C11H11ClF2O3/c12-4-3-9(16)11(17)6-1-2-8(13)7(5-15)10(6)14/h1-2,5,9,11,16-17H,3-4H2. The number of rotatable bonds is 5. The van der Waals surface area contributed by atoms with Crippen LogP contribution in [0.3, 0.4) is 0 Å².